The van der Waals surface area contributed by atoms with Crippen LogP contribution >= 0.6 is 0 Å². The van der Waals surface area contributed by atoms with Crippen molar-refractivity contribution >= 4 is 0 Å². The third-order valence-electron chi connectivity index (χ3n) is 4.75. The molecule has 2 rings (SSSR count). The van der Waals surface area contributed by atoms with Gasteiger partial charge in [0.1, 0.15) is 6.10 Å². The van der Waals surface area contributed by atoms with Crippen molar-refractivity contribution in [1.82, 2.24) is 0 Å². The average Bonchev–Trinajstić information content (AvgIpc) is 2.61. The molecule has 2 aromatic carbocycles. The molecule has 0 unspecified atom stereocenters. The maximum atomic E-state index is 10.9. The minimum Gasteiger partial charge on any atom is -0.396 e. The second-order valence-electron chi connectivity index (χ2n) is 8.89. The lowest BCUT2D eigenvalue weighted by Gasteiger charge is -2.23. The zero-order chi connectivity index (χ0) is 19.4. The Balaban J connectivity index is 2.22. The fourth-order valence-electron chi connectivity index (χ4n) is 3.16. The predicted octanol–water partition coefficient (Wildman–Crippen LogP) is 3.89. The molecule has 0 heterocycles. The smallest absolute Gasteiger partial charge is 0.104 e. The van der Waals surface area contributed by atoms with Crippen molar-refractivity contribution < 1.29 is 15.3 Å². The van der Waals surface area contributed by atoms with E-state index in [2.05, 4.69) is 0 Å². The van der Waals surface area contributed by atoms with Gasteiger partial charge in [0.05, 0.1) is 0 Å². The Bertz CT molecular complexity index is 657. The molecule has 142 valence electrons. The van der Waals surface area contributed by atoms with Gasteiger partial charge in [0, 0.05) is 13.2 Å². The molecule has 0 fully saturated rings. The lowest BCUT2D eigenvalue weighted by molar-refractivity contribution is 0.159. The second kappa shape index (κ2) is 8.34. The summed E-state index contributed by atoms with van der Waals surface area (Å²) in [5.41, 5.74) is 3.57. The highest BCUT2D eigenvalue weighted by Crippen LogP contribution is 2.28. The first-order valence-corrected chi connectivity index (χ1v) is 9.23. The van der Waals surface area contributed by atoms with Crippen LogP contribution in [0.1, 0.15) is 56.1 Å². The Hall–Kier alpha value is -1.68. The molecule has 0 aliphatic heterocycles. The molecule has 0 aliphatic rings. The van der Waals surface area contributed by atoms with E-state index in [0.717, 1.165) is 35.1 Å². The lowest BCUT2D eigenvalue weighted by atomic mass is 9.85. The van der Waals surface area contributed by atoms with Crippen molar-refractivity contribution in [3.8, 4) is 0 Å². The van der Waals surface area contributed by atoms with E-state index in [0.29, 0.717) is 0 Å². The molecule has 3 N–H and O–H groups in total. The van der Waals surface area contributed by atoms with Crippen LogP contribution in [0.5, 0.6) is 0 Å². The van der Waals surface area contributed by atoms with Crippen LogP contribution in [0.4, 0.5) is 0 Å². The van der Waals surface area contributed by atoms with Gasteiger partial charge in [0.2, 0.25) is 0 Å². The standard InChI is InChI=1S/C23H32O3/c1-22(2,15-24)13-17-7-5-9-19(11-17)21(26)20-10-6-8-18(12-20)14-23(3,4)16-25/h5-12,21,24-26H,13-16H2,1-4H3. The number of aliphatic hydroxyl groups is 3. The van der Waals surface area contributed by atoms with Gasteiger partial charge in [-0.15, -0.1) is 0 Å². The zero-order valence-electron chi connectivity index (χ0n) is 16.4. The maximum Gasteiger partial charge on any atom is 0.104 e. The quantitative estimate of drug-likeness (QED) is 0.672. The summed E-state index contributed by atoms with van der Waals surface area (Å²) in [5.74, 6) is 0. The minimum absolute atomic E-state index is 0.127. The first-order valence-electron chi connectivity index (χ1n) is 9.23. The Morgan fingerprint density at radius 2 is 1.12 bits per heavy atom. The summed E-state index contributed by atoms with van der Waals surface area (Å²) in [6.07, 6.45) is 0.827. The highest BCUT2D eigenvalue weighted by Gasteiger charge is 2.20. The molecule has 0 aromatic heterocycles. The average molecular weight is 357 g/mol. The molecular formula is C23H32O3. The van der Waals surface area contributed by atoms with Gasteiger partial charge >= 0.3 is 0 Å². The number of hydrogen-bond acceptors (Lipinski definition) is 3. The van der Waals surface area contributed by atoms with Crippen LogP contribution < -0.4 is 0 Å². The molecule has 0 bridgehead atoms. The summed E-state index contributed by atoms with van der Waals surface area (Å²) in [6.45, 7) is 8.38. The molecule has 3 heteroatoms. The molecule has 0 saturated heterocycles. The van der Waals surface area contributed by atoms with Gasteiger partial charge < -0.3 is 15.3 Å². The Kier molecular flexibility index (Phi) is 6.62. The summed E-state index contributed by atoms with van der Waals surface area (Å²) in [4.78, 5) is 0. The third-order valence-corrected chi connectivity index (χ3v) is 4.75. The van der Waals surface area contributed by atoms with Crippen LogP contribution in [-0.4, -0.2) is 28.5 Å². The van der Waals surface area contributed by atoms with E-state index >= 15 is 0 Å². The summed E-state index contributed by atoms with van der Waals surface area (Å²) in [6, 6.07) is 15.9. The Morgan fingerprint density at radius 3 is 1.46 bits per heavy atom. The van der Waals surface area contributed by atoms with Crippen LogP contribution in [0.2, 0.25) is 0 Å². The van der Waals surface area contributed by atoms with E-state index in [4.69, 9.17) is 0 Å². The fourth-order valence-corrected chi connectivity index (χ4v) is 3.16. The Morgan fingerprint density at radius 1 is 0.731 bits per heavy atom. The first kappa shape index (κ1) is 20.6. The van der Waals surface area contributed by atoms with E-state index in [-0.39, 0.29) is 24.0 Å². The molecule has 0 aliphatic carbocycles. The van der Waals surface area contributed by atoms with Crippen molar-refractivity contribution in [1.29, 1.82) is 0 Å². The van der Waals surface area contributed by atoms with E-state index in [9.17, 15) is 15.3 Å². The molecule has 0 radical (unpaired) electrons. The van der Waals surface area contributed by atoms with Crippen molar-refractivity contribution in [2.24, 2.45) is 10.8 Å². The van der Waals surface area contributed by atoms with E-state index in [1.54, 1.807) is 0 Å². The van der Waals surface area contributed by atoms with Gasteiger partial charge in [-0.3, -0.25) is 0 Å². The monoisotopic (exact) mass is 356 g/mol. The van der Waals surface area contributed by atoms with Crippen molar-refractivity contribution in [2.45, 2.75) is 46.6 Å². The van der Waals surface area contributed by atoms with Crippen LogP contribution in [0.3, 0.4) is 0 Å². The second-order valence-corrected chi connectivity index (χ2v) is 8.89. The fraction of sp³-hybridized carbons (Fsp3) is 0.478. The highest BCUT2D eigenvalue weighted by molar-refractivity contribution is 5.35. The highest BCUT2D eigenvalue weighted by atomic mass is 16.3. The maximum absolute atomic E-state index is 10.9. The summed E-state index contributed by atoms with van der Waals surface area (Å²) in [7, 11) is 0. The molecule has 2 aromatic rings. The van der Waals surface area contributed by atoms with Crippen molar-refractivity contribution in [3.05, 3.63) is 70.8 Å². The van der Waals surface area contributed by atoms with Crippen molar-refractivity contribution in [2.75, 3.05) is 13.2 Å². The molecular weight excluding hydrogens is 324 g/mol. The number of benzene rings is 2. The molecule has 3 nitrogen and oxygen atoms in total. The molecule has 0 spiro atoms. The molecule has 0 atom stereocenters. The van der Waals surface area contributed by atoms with Gasteiger partial charge in [-0.2, -0.15) is 0 Å². The molecule has 26 heavy (non-hydrogen) atoms. The zero-order valence-corrected chi connectivity index (χ0v) is 16.4. The van der Waals surface area contributed by atoms with Gasteiger partial charge in [0.15, 0.2) is 0 Å². The third kappa shape index (κ3) is 5.66. The van der Waals surface area contributed by atoms with Crippen LogP contribution in [0.25, 0.3) is 0 Å². The summed E-state index contributed by atoms with van der Waals surface area (Å²) < 4.78 is 0. The summed E-state index contributed by atoms with van der Waals surface area (Å²) >= 11 is 0. The van der Waals surface area contributed by atoms with E-state index < -0.39 is 6.10 Å². The van der Waals surface area contributed by atoms with Gasteiger partial charge in [-0.05, 0) is 45.9 Å². The normalized spacial score (nSPS) is 12.6. The van der Waals surface area contributed by atoms with Gasteiger partial charge in [-0.1, -0.05) is 76.2 Å². The van der Waals surface area contributed by atoms with Crippen LogP contribution in [0.15, 0.2) is 48.5 Å². The first-order chi connectivity index (χ1) is 12.2. The predicted molar refractivity (Wildman–Crippen MR) is 106 cm³/mol. The SMILES string of the molecule is CC(C)(CO)Cc1cccc(C(O)c2cccc(CC(C)(C)CO)c2)c1. The number of hydrogen-bond donors (Lipinski definition) is 3. The minimum atomic E-state index is -0.690. The van der Waals surface area contributed by atoms with Gasteiger partial charge in [0.25, 0.3) is 0 Å². The summed E-state index contributed by atoms with van der Waals surface area (Å²) in [5, 5.41) is 29.8. The number of aliphatic hydroxyl groups excluding tert-OH is 3. The van der Waals surface area contributed by atoms with E-state index in [1.165, 1.54) is 0 Å². The van der Waals surface area contributed by atoms with Crippen molar-refractivity contribution in [3.63, 3.8) is 0 Å². The molecule has 0 saturated carbocycles. The van der Waals surface area contributed by atoms with Crippen LogP contribution in [-0.2, 0) is 12.8 Å². The molecule has 0 amide bonds. The van der Waals surface area contributed by atoms with Crippen LogP contribution in [0, 0.1) is 10.8 Å². The lowest BCUT2D eigenvalue weighted by Crippen LogP contribution is -2.20. The number of rotatable bonds is 8. The van der Waals surface area contributed by atoms with E-state index in [1.807, 2.05) is 76.2 Å². The largest absolute Gasteiger partial charge is 0.396 e. The topological polar surface area (TPSA) is 60.7 Å². The van der Waals surface area contributed by atoms with Gasteiger partial charge in [-0.25, -0.2) is 0 Å². The Labute approximate surface area is 157 Å².